The van der Waals surface area contributed by atoms with E-state index >= 15 is 0 Å². The lowest BCUT2D eigenvalue weighted by Gasteiger charge is -2.28. The molecule has 1 N–H and O–H groups in total. The van der Waals surface area contributed by atoms with Gasteiger partial charge in [0.05, 0.1) is 5.56 Å². The first kappa shape index (κ1) is 21.6. The molecule has 0 amide bonds. The van der Waals surface area contributed by atoms with Gasteiger partial charge in [0.15, 0.2) is 11.6 Å². The molecule has 2 aromatic carbocycles. The van der Waals surface area contributed by atoms with Crippen LogP contribution in [0.1, 0.15) is 56.3 Å². The maximum atomic E-state index is 13.1. The van der Waals surface area contributed by atoms with Gasteiger partial charge in [-0.15, -0.1) is 0 Å². The number of rotatable bonds is 6. The second kappa shape index (κ2) is 8.92. The van der Waals surface area contributed by atoms with Gasteiger partial charge in [0, 0.05) is 49.8 Å². The Hall–Kier alpha value is -3.29. The fourth-order valence-electron chi connectivity index (χ4n) is 4.79. The molecule has 6 nitrogen and oxygen atoms in total. The number of hydrogen-bond donors (Lipinski definition) is 1. The van der Waals surface area contributed by atoms with E-state index in [9.17, 15) is 14.6 Å². The van der Waals surface area contributed by atoms with Crippen molar-refractivity contribution in [3.8, 4) is 5.75 Å². The number of hydrogen-bond acceptors (Lipinski definition) is 6. The number of carbonyl (C=O) groups excluding carboxylic acids is 2. The van der Waals surface area contributed by atoms with Gasteiger partial charge in [0.25, 0.3) is 0 Å². The Labute approximate surface area is 193 Å². The number of fused-ring (bicyclic) bond motifs is 2. The number of aromatic nitrogens is 1. The molecule has 0 fully saturated rings. The van der Waals surface area contributed by atoms with Gasteiger partial charge in [-0.05, 0) is 53.8 Å². The minimum Gasteiger partial charge on any atom is -0.535 e. The van der Waals surface area contributed by atoms with E-state index in [0.29, 0.717) is 23.3 Å². The summed E-state index contributed by atoms with van der Waals surface area (Å²) in [7, 11) is -1.12. The van der Waals surface area contributed by atoms with Crippen LogP contribution in [0.5, 0.6) is 5.75 Å². The van der Waals surface area contributed by atoms with Crippen LogP contribution in [0, 0.1) is 0 Å². The molecule has 3 aromatic rings. The molecule has 0 spiro atoms. The molecule has 33 heavy (non-hydrogen) atoms. The summed E-state index contributed by atoms with van der Waals surface area (Å²) in [5, 5.41) is 10.5. The molecule has 0 saturated carbocycles. The van der Waals surface area contributed by atoms with E-state index in [-0.39, 0.29) is 23.8 Å². The summed E-state index contributed by atoms with van der Waals surface area (Å²) in [6.07, 6.45) is 4.33. The van der Waals surface area contributed by atoms with Gasteiger partial charge in [0.1, 0.15) is 5.75 Å². The van der Waals surface area contributed by atoms with Crippen molar-refractivity contribution in [3.63, 3.8) is 0 Å². The van der Waals surface area contributed by atoms with Crippen LogP contribution in [-0.2, 0) is 26.1 Å². The van der Waals surface area contributed by atoms with E-state index in [4.69, 9.17) is 4.65 Å². The summed E-state index contributed by atoms with van der Waals surface area (Å²) in [5.41, 5.74) is 5.55. The summed E-state index contributed by atoms with van der Waals surface area (Å²) in [5.74, 6) is -0.0402. The predicted molar refractivity (Wildman–Crippen MR) is 125 cm³/mol. The summed E-state index contributed by atoms with van der Waals surface area (Å²) >= 11 is 0. The maximum absolute atomic E-state index is 13.1. The van der Waals surface area contributed by atoms with Crippen LogP contribution in [0.15, 0.2) is 60.9 Å². The highest BCUT2D eigenvalue weighted by Gasteiger charge is 2.37. The maximum Gasteiger partial charge on any atom is 0.526 e. The summed E-state index contributed by atoms with van der Waals surface area (Å²) in [6.45, 7) is 3.94. The highest BCUT2D eigenvalue weighted by atomic mass is 16.5. The SMILES string of the molecule is CC(=O)c1cccc2c1OB(O)[C@@H](CC(=O)c1ccc3c(c1)CN(Cc1cccnc1)C3)C2. The lowest BCUT2D eigenvalue weighted by Crippen LogP contribution is -2.35. The zero-order chi connectivity index (χ0) is 22.9. The molecule has 0 radical (unpaired) electrons. The summed E-state index contributed by atoms with van der Waals surface area (Å²) in [6, 6.07) is 15.3. The highest BCUT2D eigenvalue weighted by molar-refractivity contribution is 6.47. The van der Waals surface area contributed by atoms with Crippen LogP contribution < -0.4 is 4.65 Å². The van der Waals surface area contributed by atoms with Crippen LogP contribution in [0.2, 0.25) is 5.82 Å². The second-order valence-corrected chi connectivity index (χ2v) is 8.94. The van der Waals surface area contributed by atoms with E-state index in [2.05, 4.69) is 16.0 Å². The minimum atomic E-state index is -1.12. The molecular weight excluding hydrogens is 415 g/mol. The smallest absolute Gasteiger partial charge is 0.526 e. The number of nitrogens with zero attached hydrogens (tertiary/aromatic N) is 2. The van der Waals surface area contributed by atoms with Crippen LogP contribution in [0.3, 0.4) is 0 Å². The predicted octanol–water partition coefficient (Wildman–Crippen LogP) is 3.86. The van der Waals surface area contributed by atoms with E-state index in [1.54, 1.807) is 12.3 Å². The molecule has 0 aliphatic carbocycles. The van der Waals surface area contributed by atoms with Gasteiger partial charge in [-0.2, -0.15) is 0 Å². The molecule has 2 aliphatic heterocycles. The molecule has 0 bridgehead atoms. The molecule has 0 saturated heterocycles. The van der Waals surface area contributed by atoms with Crippen LogP contribution in [-0.4, -0.2) is 33.6 Å². The second-order valence-electron chi connectivity index (χ2n) is 8.94. The number of ketones is 2. The van der Waals surface area contributed by atoms with Crippen molar-refractivity contribution < 1.29 is 19.3 Å². The molecule has 0 unspecified atom stereocenters. The molecule has 3 heterocycles. The number of benzene rings is 2. The Kier molecular flexibility index (Phi) is 5.83. The van der Waals surface area contributed by atoms with Crippen molar-refractivity contribution >= 4 is 18.7 Å². The Morgan fingerprint density at radius 3 is 2.76 bits per heavy atom. The van der Waals surface area contributed by atoms with Gasteiger partial charge in [0.2, 0.25) is 0 Å². The van der Waals surface area contributed by atoms with Gasteiger partial charge in [-0.1, -0.05) is 30.3 Å². The Bertz CT molecular complexity index is 1210. The monoisotopic (exact) mass is 440 g/mol. The average Bonchev–Trinajstić information content (AvgIpc) is 3.21. The van der Waals surface area contributed by atoms with E-state index in [1.807, 2.05) is 42.6 Å². The van der Waals surface area contributed by atoms with Gasteiger partial charge in [-0.25, -0.2) is 0 Å². The molecule has 166 valence electrons. The highest BCUT2D eigenvalue weighted by Crippen LogP contribution is 2.37. The number of para-hydroxylation sites is 1. The normalized spacial score (nSPS) is 17.3. The fourth-order valence-corrected chi connectivity index (χ4v) is 4.79. The topological polar surface area (TPSA) is 79.7 Å². The third-order valence-electron chi connectivity index (χ3n) is 6.49. The third kappa shape index (κ3) is 4.47. The van der Waals surface area contributed by atoms with E-state index in [1.165, 1.54) is 23.6 Å². The first-order valence-electron chi connectivity index (χ1n) is 11.2. The average molecular weight is 440 g/mol. The number of pyridine rings is 1. The minimum absolute atomic E-state index is 0.0117. The van der Waals surface area contributed by atoms with Crippen LogP contribution >= 0.6 is 0 Å². The molecular formula is C26H25BN2O4. The number of carbonyl (C=O) groups is 2. The van der Waals surface area contributed by atoms with E-state index < -0.39 is 7.12 Å². The first-order chi connectivity index (χ1) is 16.0. The Morgan fingerprint density at radius 2 is 1.97 bits per heavy atom. The number of Topliss-reactive ketones (excluding diaryl/α,β-unsaturated/α-hetero) is 2. The molecule has 1 atom stereocenters. The molecule has 1 aromatic heterocycles. The van der Waals surface area contributed by atoms with Crippen LogP contribution in [0.4, 0.5) is 0 Å². The zero-order valence-corrected chi connectivity index (χ0v) is 18.5. The Morgan fingerprint density at radius 1 is 1.12 bits per heavy atom. The lowest BCUT2D eigenvalue weighted by molar-refractivity contribution is 0.0971. The lowest BCUT2D eigenvalue weighted by atomic mass is 9.64. The molecule has 5 rings (SSSR count). The standard InChI is InChI=1S/C26H25BN2O4/c1-17(30)24-6-2-5-20-11-23(27(32)33-26(20)24)12-25(31)19-7-8-21-15-29(16-22(21)10-19)14-18-4-3-9-28-13-18/h2-10,13,23,32H,11-12,14-16H2,1H3/t23-/m1/s1. The summed E-state index contributed by atoms with van der Waals surface area (Å²) in [4.78, 5) is 31.5. The van der Waals surface area contributed by atoms with Crippen molar-refractivity contribution in [1.29, 1.82) is 0 Å². The van der Waals surface area contributed by atoms with Crippen molar-refractivity contribution in [2.45, 2.75) is 45.2 Å². The third-order valence-corrected chi connectivity index (χ3v) is 6.49. The van der Waals surface area contributed by atoms with Crippen molar-refractivity contribution in [1.82, 2.24) is 9.88 Å². The van der Waals surface area contributed by atoms with Gasteiger partial charge in [-0.3, -0.25) is 19.5 Å². The van der Waals surface area contributed by atoms with Gasteiger partial charge >= 0.3 is 7.12 Å². The fraction of sp³-hybridized carbons (Fsp3) is 0.269. The van der Waals surface area contributed by atoms with Crippen LogP contribution in [0.25, 0.3) is 0 Å². The zero-order valence-electron chi connectivity index (χ0n) is 18.5. The largest absolute Gasteiger partial charge is 0.535 e. The van der Waals surface area contributed by atoms with Crippen molar-refractivity contribution in [2.75, 3.05) is 0 Å². The van der Waals surface area contributed by atoms with E-state index in [0.717, 1.165) is 25.2 Å². The first-order valence-corrected chi connectivity index (χ1v) is 11.2. The molecule has 2 aliphatic rings. The molecule has 7 heteroatoms. The quantitative estimate of drug-likeness (QED) is 0.463. The van der Waals surface area contributed by atoms with Crippen molar-refractivity contribution in [2.24, 2.45) is 0 Å². The van der Waals surface area contributed by atoms with Gasteiger partial charge < -0.3 is 9.68 Å². The van der Waals surface area contributed by atoms with Crippen molar-refractivity contribution in [3.05, 3.63) is 94.3 Å². The Balaban J connectivity index is 1.27. The summed E-state index contributed by atoms with van der Waals surface area (Å²) < 4.78 is 5.69.